The van der Waals surface area contributed by atoms with Gasteiger partial charge in [-0.3, -0.25) is 14.5 Å². The third-order valence-corrected chi connectivity index (χ3v) is 4.35. The van der Waals surface area contributed by atoms with E-state index < -0.39 is 0 Å². The summed E-state index contributed by atoms with van der Waals surface area (Å²) in [5, 5.41) is 0. The van der Waals surface area contributed by atoms with E-state index in [0.29, 0.717) is 18.3 Å². The van der Waals surface area contributed by atoms with Crippen LogP contribution in [-0.4, -0.2) is 29.1 Å². The lowest BCUT2D eigenvalue weighted by molar-refractivity contribution is -0.140. The largest absolute Gasteiger partial charge is 0.278 e. The molecule has 2 unspecified atom stereocenters. The third kappa shape index (κ3) is 2.13. The van der Waals surface area contributed by atoms with Crippen LogP contribution in [0.15, 0.2) is 12.2 Å². The molecule has 2 rings (SSSR count). The predicted molar refractivity (Wildman–Crippen MR) is 66.6 cm³/mol. The number of halogens is 1. The fourth-order valence-electron chi connectivity index (χ4n) is 2.95. The van der Waals surface area contributed by atoms with E-state index in [1.165, 1.54) is 4.90 Å². The van der Waals surface area contributed by atoms with Crippen molar-refractivity contribution in [2.75, 3.05) is 12.4 Å². The topological polar surface area (TPSA) is 37.4 Å². The Kier molecular flexibility index (Phi) is 3.57. The highest BCUT2D eigenvalue weighted by Crippen LogP contribution is 2.44. The van der Waals surface area contributed by atoms with Crippen molar-refractivity contribution < 1.29 is 9.59 Å². The summed E-state index contributed by atoms with van der Waals surface area (Å²) in [6.07, 6.45) is 2.80. The van der Waals surface area contributed by atoms with Gasteiger partial charge in [0.15, 0.2) is 0 Å². The molecule has 1 aliphatic heterocycles. The molecule has 1 heterocycles. The molecule has 2 aliphatic rings. The number of likely N-dealkylation sites (tertiary alicyclic amines) is 1. The van der Waals surface area contributed by atoms with Gasteiger partial charge in [-0.1, -0.05) is 19.9 Å². The predicted octanol–water partition coefficient (Wildman–Crippen LogP) is 2.20. The Labute approximate surface area is 107 Å². The second-order valence-electron chi connectivity index (χ2n) is 5.10. The lowest BCUT2D eigenvalue weighted by Crippen LogP contribution is -2.34. The number of carbonyl (C=O) groups is 2. The molecule has 1 aliphatic carbocycles. The van der Waals surface area contributed by atoms with Crippen LogP contribution >= 0.6 is 11.6 Å². The molecule has 0 bridgehead atoms. The minimum atomic E-state index is -0.0735. The first-order valence-electron chi connectivity index (χ1n) is 6.16. The van der Waals surface area contributed by atoms with E-state index in [9.17, 15) is 9.59 Å². The fraction of sp³-hybridized carbons (Fsp3) is 0.692. The summed E-state index contributed by atoms with van der Waals surface area (Å²) in [7, 11) is 0. The van der Waals surface area contributed by atoms with E-state index in [-0.39, 0.29) is 23.7 Å². The van der Waals surface area contributed by atoms with E-state index >= 15 is 0 Å². The Balaban J connectivity index is 2.08. The maximum absolute atomic E-state index is 12.1. The van der Waals surface area contributed by atoms with Gasteiger partial charge in [0.1, 0.15) is 0 Å². The minimum absolute atomic E-state index is 0.0118. The lowest BCUT2D eigenvalue weighted by Gasteiger charge is -2.17. The van der Waals surface area contributed by atoms with E-state index in [1.807, 2.05) is 0 Å². The van der Waals surface area contributed by atoms with Crippen LogP contribution in [0.5, 0.6) is 0 Å². The molecule has 17 heavy (non-hydrogen) atoms. The number of hydrogen-bond donors (Lipinski definition) is 0. The number of imide groups is 1. The van der Waals surface area contributed by atoms with Gasteiger partial charge in [0.05, 0.1) is 18.4 Å². The van der Waals surface area contributed by atoms with Crippen molar-refractivity contribution in [1.29, 1.82) is 0 Å². The number of hydrogen-bond acceptors (Lipinski definition) is 2. The normalized spacial score (nSPS) is 32.1. The Hall–Kier alpha value is -0.830. The van der Waals surface area contributed by atoms with E-state index in [2.05, 4.69) is 13.5 Å². The maximum atomic E-state index is 12.1. The Bertz CT molecular complexity index is 342. The SMILES string of the molecule is C=C(CCl)CN1C(=O)C2CC(CC)CC2C1=O. The number of carbonyl (C=O) groups excluding carboxylic acids is 2. The van der Waals surface area contributed by atoms with Gasteiger partial charge in [-0.2, -0.15) is 0 Å². The molecule has 1 saturated carbocycles. The summed E-state index contributed by atoms with van der Waals surface area (Å²) < 4.78 is 0. The van der Waals surface area contributed by atoms with Gasteiger partial charge in [-0.05, 0) is 24.3 Å². The first kappa shape index (κ1) is 12.6. The average Bonchev–Trinajstić information content (AvgIpc) is 2.85. The van der Waals surface area contributed by atoms with E-state index in [0.717, 1.165) is 24.8 Å². The van der Waals surface area contributed by atoms with Gasteiger partial charge in [0.25, 0.3) is 0 Å². The first-order valence-corrected chi connectivity index (χ1v) is 6.69. The Morgan fingerprint density at radius 3 is 2.29 bits per heavy atom. The van der Waals surface area contributed by atoms with Gasteiger partial charge in [0, 0.05) is 5.88 Å². The van der Waals surface area contributed by atoms with E-state index in [1.54, 1.807) is 0 Å². The monoisotopic (exact) mass is 255 g/mol. The molecule has 0 aromatic carbocycles. The van der Waals surface area contributed by atoms with Crippen molar-refractivity contribution in [1.82, 2.24) is 4.90 Å². The van der Waals surface area contributed by atoms with Gasteiger partial charge in [-0.15, -0.1) is 11.6 Å². The molecule has 1 saturated heterocycles. The van der Waals surface area contributed by atoms with Crippen LogP contribution < -0.4 is 0 Å². The van der Waals surface area contributed by atoms with Crippen molar-refractivity contribution in [3.8, 4) is 0 Å². The number of nitrogens with zero attached hydrogens (tertiary/aromatic N) is 1. The lowest BCUT2D eigenvalue weighted by atomic mass is 10.00. The quantitative estimate of drug-likeness (QED) is 0.439. The summed E-state index contributed by atoms with van der Waals surface area (Å²) in [6.45, 7) is 6.17. The zero-order chi connectivity index (χ0) is 12.6. The molecular weight excluding hydrogens is 238 g/mol. The molecule has 0 aromatic heterocycles. The number of alkyl halides is 1. The summed E-state index contributed by atoms with van der Waals surface area (Å²) >= 11 is 5.64. The highest BCUT2D eigenvalue weighted by Gasteiger charge is 2.51. The molecule has 2 amide bonds. The van der Waals surface area contributed by atoms with Crippen molar-refractivity contribution in [3.05, 3.63) is 12.2 Å². The Morgan fingerprint density at radius 1 is 1.35 bits per heavy atom. The van der Waals surface area contributed by atoms with Gasteiger partial charge in [-0.25, -0.2) is 0 Å². The van der Waals surface area contributed by atoms with Crippen molar-refractivity contribution >= 4 is 23.4 Å². The van der Waals surface area contributed by atoms with Crippen molar-refractivity contribution in [3.63, 3.8) is 0 Å². The smallest absolute Gasteiger partial charge is 0.233 e. The standard InChI is InChI=1S/C13H18ClNO2/c1-3-9-4-10-11(5-9)13(17)15(12(10)16)7-8(2)6-14/h9-11H,2-7H2,1H3. The van der Waals surface area contributed by atoms with Crippen LogP contribution in [0.1, 0.15) is 26.2 Å². The van der Waals surface area contributed by atoms with Gasteiger partial charge in [0.2, 0.25) is 11.8 Å². The molecule has 0 radical (unpaired) electrons. The van der Waals surface area contributed by atoms with Crippen LogP contribution in [-0.2, 0) is 9.59 Å². The van der Waals surface area contributed by atoms with Crippen LogP contribution in [0.3, 0.4) is 0 Å². The molecule has 3 nitrogen and oxygen atoms in total. The molecular formula is C13H18ClNO2. The zero-order valence-electron chi connectivity index (χ0n) is 10.1. The summed E-state index contributed by atoms with van der Waals surface area (Å²) in [6, 6.07) is 0. The number of rotatable bonds is 4. The molecule has 94 valence electrons. The highest BCUT2D eigenvalue weighted by molar-refractivity contribution is 6.19. The molecule has 4 heteroatoms. The number of amides is 2. The summed E-state index contributed by atoms with van der Waals surface area (Å²) in [5.74, 6) is 0.663. The second-order valence-corrected chi connectivity index (χ2v) is 5.37. The summed E-state index contributed by atoms with van der Waals surface area (Å²) in [4.78, 5) is 25.6. The Morgan fingerprint density at radius 2 is 1.88 bits per heavy atom. The van der Waals surface area contributed by atoms with Crippen molar-refractivity contribution in [2.45, 2.75) is 26.2 Å². The minimum Gasteiger partial charge on any atom is -0.278 e. The average molecular weight is 256 g/mol. The molecule has 0 spiro atoms. The fourth-order valence-corrected chi connectivity index (χ4v) is 3.04. The van der Waals surface area contributed by atoms with E-state index in [4.69, 9.17) is 11.6 Å². The van der Waals surface area contributed by atoms with Crippen LogP contribution in [0.2, 0.25) is 0 Å². The molecule has 0 N–H and O–H groups in total. The summed E-state index contributed by atoms with van der Waals surface area (Å²) in [5.41, 5.74) is 0.723. The zero-order valence-corrected chi connectivity index (χ0v) is 10.9. The van der Waals surface area contributed by atoms with Gasteiger partial charge >= 0.3 is 0 Å². The molecule has 0 aromatic rings. The van der Waals surface area contributed by atoms with Crippen molar-refractivity contribution in [2.24, 2.45) is 17.8 Å². The van der Waals surface area contributed by atoms with Crippen LogP contribution in [0.25, 0.3) is 0 Å². The number of fused-ring (bicyclic) bond motifs is 1. The maximum Gasteiger partial charge on any atom is 0.233 e. The molecule has 2 fully saturated rings. The van der Waals surface area contributed by atoms with Gasteiger partial charge < -0.3 is 0 Å². The first-order chi connectivity index (χ1) is 8.08. The molecule has 2 atom stereocenters. The third-order valence-electron chi connectivity index (χ3n) is 3.97. The highest BCUT2D eigenvalue weighted by atomic mass is 35.5. The van der Waals surface area contributed by atoms with Crippen LogP contribution in [0.4, 0.5) is 0 Å². The van der Waals surface area contributed by atoms with Crippen LogP contribution in [0, 0.1) is 17.8 Å². The second kappa shape index (κ2) is 4.81.